The third kappa shape index (κ3) is 5.77. The number of benzene rings is 1. The van der Waals surface area contributed by atoms with Crippen molar-refractivity contribution >= 4 is 5.91 Å². The molecule has 0 bridgehead atoms. The van der Waals surface area contributed by atoms with Crippen molar-refractivity contribution in [3.8, 4) is 11.8 Å². The minimum absolute atomic E-state index is 0.0483. The highest BCUT2D eigenvalue weighted by Gasteiger charge is 1.97. The maximum absolute atomic E-state index is 10.7. The van der Waals surface area contributed by atoms with E-state index in [1.807, 2.05) is 12.1 Å². The number of rotatable bonds is 3. The molecule has 2 heteroatoms. The normalized spacial score (nSPS) is 9.65. The molecule has 90 valence electrons. The van der Waals surface area contributed by atoms with Crippen molar-refractivity contribution in [3.05, 3.63) is 35.4 Å². The molecule has 0 saturated carbocycles. The van der Waals surface area contributed by atoms with Crippen LogP contribution in [0.15, 0.2) is 24.3 Å². The van der Waals surface area contributed by atoms with E-state index >= 15 is 0 Å². The van der Waals surface area contributed by atoms with Crippen LogP contribution in [0.3, 0.4) is 0 Å². The van der Waals surface area contributed by atoms with Gasteiger partial charge in [-0.1, -0.05) is 37.8 Å². The Morgan fingerprint density at radius 1 is 1.41 bits per heavy atom. The first-order valence-electron chi connectivity index (χ1n) is 5.90. The van der Waals surface area contributed by atoms with Crippen molar-refractivity contribution in [1.82, 2.24) is 5.32 Å². The van der Waals surface area contributed by atoms with Gasteiger partial charge in [-0.15, -0.1) is 0 Å². The van der Waals surface area contributed by atoms with Gasteiger partial charge in [-0.3, -0.25) is 4.79 Å². The molecule has 0 radical (unpaired) electrons. The monoisotopic (exact) mass is 229 g/mol. The first-order valence-corrected chi connectivity index (χ1v) is 5.90. The highest BCUT2D eigenvalue weighted by atomic mass is 16.1. The van der Waals surface area contributed by atoms with Gasteiger partial charge in [0.1, 0.15) is 0 Å². The van der Waals surface area contributed by atoms with E-state index in [2.05, 4.69) is 43.1 Å². The molecule has 17 heavy (non-hydrogen) atoms. The van der Waals surface area contributed by atoms with Gasteiger partial charge in [0.05, 0.1) is 6.54 Å². The van der Waals surface area contributed by atoms with Crippen LogP contribution >= 0.6 is 0 Å². The molecule has 1 rings (SSSR count). The highest BCUT2D eigenvalue weighted by Crippen LogP contribution is 2.09. The van der Waals surface area contributed by atoms with E-state index < -0.39 is 0 Å². The second-order valence-electron chi connectivity index (χ2n) is 4.51. The molecule has 0 unspecified atom stereocenters. The van der Waals surface area contributed by atoms with Gasteiger partial charge >= 0.3 is 0 Å². The summed E-state index contributed by atoms with van der Waals surface area (Å²) in [5.74, 6) is 6.58. The van der Waals surface area contributed by atoms with Crippen LogP contribution < -0.4 is 5.32 Å². The lowest BCUT2D eigenvalue weighted by atomic mass is 10.0. The molecule has 0 aliphatic heterocycles. The lowest BCUT2D eigenvalue weighted by molar-refractivity contribution is -0.118. The van der Waals surface area contributed by atoms with E-state index in [-0.39, 0.29) is 5.91 Å². The van der Waals surface area contributed by atoms with Gasteiger partial charge in [0.15, 0.2) is 0 Å². The van der Waals surface area contributed by atoms with Crippen LogP contribution in [-0.4, -0.2) is 12.5 Å². The van der Waals surface area contributed by atoms with Crippen LogP contribution in [0.5, 0.6) is 0 Å². The Labute approximate surface area is 103 Å². The third-order valence-electron chi connectivity index (χ3n) is 2.23. The fourth-order valence-electron chi connectivity index (χ4n) is 1.56. The maximum Gasteiger partial charge on any atom is 0.217 e. The average molecular weight is 229 g/mol. The third-order valence-corrected chi connectivity index (χ3v) is 2.23. The van der Waals surface area contributed by atoms with Crippen LogP contribution in [0.4, 0.5) is 0 Å². The second kappa shape index (κ2) is 6.75. The smallest absolute Gasteiger partial charge is 0.217 e. The zero-order valence-electron chi connectivity index (χ0n) is 10.7. The van der Waals surface area contributed by atoms with E-state index in [4.69, 9.17) is 0 Å². The highest BCUT2D eigenvalue weighted by molar-refractivity contribution is 5.73. The summed E-state index contributed by atoms with van der Waals surface area (Å²) in [7, 11) is 0. The molecule has 0 aromatic heterocycles. The average Bonchev–Trinajstić information content (AvgIpc) is 2.24. The van der Waals surface area contributed by atoms with E-state index in [9.17, 15) is 4.79 Å². The minimum atomic E-state index is -0.0483. The molecule has 1 aromatic carbocycles. The van der Waals surface area contributed by atoms with Crippen molar-refractivity contribution in [2.24, 2.45) is 5.92 Å². The van der Waals surface area contributed by atoms with Gasteiger partial charge < -0.3 is 5.32 Å². The number of nitrogens with one attached hydrogen (secondary N) is 1. The molecule has 0 atom stereocenters. The second-order valence-corrected chi connectivity index (χ2v) is 4.51. The van der Waals surface area contributed by atoms with E-state index in [0.717, 1.165) is 12.0 Å². The summed E-state index contributed by atoms with van der Waals surface area (Å²) in [5, 5.41) is 2.65. The molecule has 0 spiro atoms. The van der Waals surface area contributed by atoms with Crippen molar-refractivity contribution in [1.29, 1.82) is 0 Å². The fraction of sp³-hybridized carbons (Fsp3) is 0.400. The first-order chi connectivity index (χ1) is 8.08. The SMILES string of the molecule is CC(=O)NCC#Cc1cccc(CC(C)C)c1. The molecular weight excluding hydrogens is 210 g/mol. The summed E-state index contributed by atoms with van der Waals surface area (Å²) >= 11 is 0. The molecule has 0 saturated heterocycles. The summed E-state index contributed by atoms with van der Waals surface area (Å²) < 4.78 is 0. The summed E-state index contributed by atoms with van der Waals surface area (Å²) in [6.07, 6.45) is 1.07. The fourth-order valence-corrected chi connectivity index (χ4v) is 1.56. The van der Waals surface area contributed by atoms with E-state index in [1.165, 1.54) is 12.5 Å². The van der Waals surface area contributed by atoms with Crippen molar-refractivity contribution in [2.75, 3.05) is 6.54 Å². The molecule has 1 amide bonds. The summed E-state index contributed by atoms with van der Waals surface area (Å²) in [6, 6.07) is 8.25. The Kier molecular flexibility index (Phi) is 5.29. The van der Waals surface area contributed by atoms with Gasteiger partial charge in [0.25, 0.3) is 0 Å². The Bertz CT molecular complexity index is 438. The lowest BCUT2D eigenvalue weighted by Gasteiger charge is -2.04. The van der Waals surface area contributed by atoms with Gasteiger partial charge in [-0.05, 0) is 30.0 Å². The molecular formula is C15H19NO. The van der Waals surface area contributed by atoms with Gasteiger partial charge in [0, 0.05) is 12.5 Å². The van der Waals surface area contributed by atoms with Crippen LogP contribution in [0.25, 0.3) is 0 Å². The van der Waals surface area contributed by atoms with Gasteiger partial charge in [-0.25, -0.2) is 0 Å². The van der Waals surface area contributed by atoms with Crippen molar-refractivity contribution in [2.45, 2.75) is 27.2 Å². The largest absolute Gasteiger partial charge is 0.345 e. The molecule has 0 aliphatic rings. The van der Waals surface area contributed by atoms with Crippen LogP contribution in [-0.2, 0) is 11.2 Å². The minimum Gasteiger partial charge on any atom is -0.345 e. The van der Waals surface area contributed by atoms with Crippen LogP contribution in [0.2, 0.25) is 0 Å². The van der Waals surface area contributed by atoms with E-state index in [0.29, 0.717) is 12.5 Å². The molecule has 0 fully saturated rings. The predicted octanol–water partition coefficient (Wildman–Crippen LogP) is 2.37. The maximum atomic E-state index is 10.7. The number of amides is 1. The Balaban J connectivity index is 2.61. The number of hydrogen-bond donors (Lipinski definition) is 1. The Morgan fingerprint density at radius 3 is 2.82 bits per heavy atom. The summed E-state index contributed by atoms with van der Waals surface area (Å²) in [4.78, 5) is 10.7. The molecule has 2 nitrogen and oxygen atoms in total. The molecule has 1 N–H and O–H groups in total. The Hall–Kier alpha value is -1.75. The van der Waals surface area contributed by atoms with E-state index in [1.54, 1.807) is 0 Å². The number of carbonyl (C=O) groups is 1. The van der Waals surface area contributed by atoms with Gasteiger partial charge in [-0.2, -0.15) is 0 Å². The van der Waals surface area contributed by atoms with Crippen molar-refractivity contribution < 1.29 is 4.79 Å². The topological polar surface area (TPSA) is 29.1 Å². The lowest BCUT2D eigenvalue weighted by Crippen LogP contribution is -2.19. The van der Waals surface area contributed by atoms with Crippen LogP contribution in [0, 0.1) is 17.8 Å². The Morgan fingerprint density at radius 2 is 2.18 bits per heavy atom. The quantitative estimate of drug-likeness (QED) is 0.792. The number of hydrogen-bond acceptors (Lipinski definition) is 1. The molecule has 1 aromatic rings. The summed E-state index contributed by atoms with van der Waals surface area (Å²) in [5.41, 5.74) is 2.32. The number of carbonyl (C=O) groups excluding carboxylic acids is 1. The van der Waals surface area contributed by atoms with Crippen molar-refractivity contribution in [3.63, 3.8) is 0 Å². The predicted molar refractivity (Wildman–Crippen MR) is 70.5 cm³/mol. The summed E-state index contributed by atoms with van der Waals surface area (Å²) in [6.45, 7) is 6.30. The van der Waals surface area contributed by atoms with Gasteiger partial charge in [0.2, 0.25) is 5.91 Å². The zero-order valence-corrected chi connectivity index (χ0v) is 10.7. The molecule has 0 heterocycles. The first kappa shape index (κ1) is 13.3. The van der Waals surface area contributed by atoms with Crippen LogP contribution in [0.1, 0.15) is 31.9 Å². The molecule has 0 aliphatic carbocycles. The standard InChI is InChI=1S/C15H19NO/c1-12(2)10-15-7-4-6-14(11-15)8-5-9-16-13(3)17/h4,6-7,11-12H,9-10H2,1-3H3,(H,16,17). The zero-order chi connectivity index (χ0) is 12.7.